The van der Waals surface area contributed by atoms with Crippen molar-refractivity contribution in [3.63, 3.8) is 0 Å². The molecule has 0 spiro atoms. The first-order valence-electron chi connectivity index (χ1n) is 9.83. The molecule has 1 amide bonds. The summed E-state index contributed by atoms with van der Waals surface area (Å²) < 4.78 is 3.83. The van der Waals surface area contributed by atoms with Crippen LogP contribution in [0.25, 0.3) is 11.5 Å². The maximum absolute atomic E-state index is 13.2. The zero-order valence-corrected chi connectivity index (χ0v) is 15.8. The number of nitrogens with zero attached hydrogens (tertiary/aromatic N) is 3. The number of rotatable bonds is 4. The lowest BCUT2D eigenvalue weighted by molar-refractivity contribution is 0.0932. The lowest BCUT2D eigenvalue weighted by Gasteiger charge is -2.17. The molecule has 0 radical (unpaired) electrons. The van der Waals surface area contributed by atoms with Gasteiger partial charge in [0.2, 0.25) is 0 Å². The van der Waals surface area contributed by atoms with Crippen molar-refractivity contribution in [1.82, 2.24) is 19.7 Å². The predicted molar refractivity (Wildman–Crippen MR) is 107 cm³/mol. The summed E-state index contributed by atoms with van der Waals surface area (Å²) in [4.78, 5) is 13.2. The van der Waals surface area contributed by atoms with Crippen molar-refractivity contribution in [2.75, 3.05) is 0 Å². The van der Waals surface area contributed by atoms with E-state index in [4.69, 9.17) is 5.10 Å². The van der Waals surface area contributed by atoms with Gasteiger partial charge >= 0.3 is 0 Å². The van der Waals surface area contributed by atoms with Crippen molar-refractivity contribution < 1.29 is 4.79 Å². The molecule has 0 unspecified atom stereocenters. The molecule has 1 aromatic carbocycles. The number of amides is 1. The van der Waals surface area contributed by atoms with Crippen LogP contribution < -0.4 is 5.32 Å². The minimum atomic E-state index is -0.0229. The van der Waals surface area contributed by atoms with Crippen LogP contribution in [-0.4, -0.2) is 26.3 Å². The van der Waals surface area contributed by atoms with E-state index in [2.05, 4.69) is 5.32 Å². The summed E-state index contributed by atoms with van der Waals surface area (Å²) in [5, 5.41) is 7.98. The Morgan fingerprint density at radius 1 is 1.00 bits per heavy atom. The van der Waals surface area contributed by atoms with Gasteiger partial charge in [-0.1, -0.05) is 43.9 Å². The van der Waals surface area contributed by atoms with Crippen LogP contribution in [0.1, 0.15) is 54.6 Å². The van der Waals surface area contributed by atoms with E-state index in [1.165, 1.54) is 25.7 Å². The maximum atomic E-state index is 13.2. The van der Waals surface area contributed by atoms with E-state index in [9.17, 15) is 4.79 Å². The number of hydrogen-bond acceptors (Lipinski definition) is 2. The van der Waals surface area contributed by atoms with Crippen molar-refractivity contribution in [3.8, 4) is 11.5 Å². The van der Waals surface area contributed by atoms with E-state index in [0.29, 0.717) is 5.56 Å². The molecule has 140 valence electrons. The molecule has 4 rings (SSSR count). The predicted octanol–water partition coefficient (Wildman–Crippen LogP) is 4.42. The lowest BCUT2D eigenvalue weighted by atomic mass is 10.1. The van der Waals surface area contributed by atoms with Gasteiger partial charge in [0.25, 0.3) is 5.91 Å². The number of para-hydroxylation sites is 1. The zero-order chi connectivity index (χ0) is 18.6. The fourth-order valence-electron chi connectivity index (χ4n) is 3.93. The first kappa shape index (κ1) is 17.6. The Bertz CT molecular complexity index is 888. The molecule has 1 N–H and O–H groups in total. The molecule has 1 saturated carbocycles. The maximum Gasteiger partial charge on any atom is 0.257 e. The third-order valence-corrected chi connectivity index (χ3v) is 5.30. The second-order valence-corrected chi connectivity index (χ2v) is 7.28. The van der Waals surface area contributed by atoms with E-state index in [0.717, 1.165) is 30.0 Å². The van der Waals surface area contributed by atoms with Gasteiger partial charge in [-0.3, -0.25) is 4.79 Å². The van der Waals surface area contributed by atoms with Gasteiger partial charge in [-0.15, -0.1) is 0 Å². The van der Waals surface area contributed by atoms with Crippen molar-refractivity contribution in [1.29, 1.82) is 0 Å². The quantitative estimate of drug-likeness (QED) is 0.698. The molecule has 0 saturated heterocycles. The standard InChI is InChI=1S/C22H26N4O/c1-17-20(21(27)23-18-11-5-2-3-6-12-18)22(25-15-9-10-16-25)26(24-17)19-13-7-4-8-14-19/h4,7-10,13-16,18H,2-3,5-6,11-12H2,1H3,(H,23,27). The number of nitrogens with one attached hydrogen (secondary N) is 1. The summed E-state index contributed by atoms with van der Waals surface area (Å²) in [5.41, 5.74) is 2.34. The highest BCUT2D eigenvalue weighted by Crippen LogP contribution is 2.24. The Balaban J connectivity index is 1.73. The Hall–Kier alpha value is -2.82. The normalized spacial score (nSPS) is 15.4. The van der Waals surface area contributed by atoms with E-state index < -0.39 is 0 Å². The molecule has 2 aromatic heterocycles. The smallest absolute Gasteiger partial charge is 0.257 e. The van der Waals surface area contributed by atoms with Crippen molar-refractivity contribution >= 4 is 5.91 Å². The van der Waals surface area contributed by atoms with Crippen LogP contribution in [0.4, 0.5) is 0 Å². The molecule has 0 atom stereocenters. The summed E-state index contributed by atoms with van der Waals surface area (Å²) in [6.45, 7) is 1.91. The molecule has 2 heterocycles. The highest BCUT2D eigenvalue weighted by atomic mass is 16.1. The van der Waals surface area contributed by atoms with Crippen LogP contribution in [0.3, 0.4) is 0 Å². The number of hydrogen-bond donors (Lipinski definition) is 1. The zero-order valence-electron chi connectivity index (χ0n) is 15.8. The van der Waals surface area contributed by atoms with E-state index in [-0.39, 0.29) is 11.9 Å². The molecule has 27 heavy (non-hydrogen) atoms. The average molecular weight is 362 g/mol. The number of carbonyl (C=O) groups excluding carboxylic acids is 1. The van der Waals surface area contributed by atoms with Crippen LogP contribution >= 0.6 is 0 Å². The molecular formula is C22H26N4O. The largest absolute Gasteiger partial charge is 0.349 e. The average Bonchev–Trinajstić information content (AvgIpc) is 3.24. The van der Waals surface area contributed by atoms with Gasteiger partial charge in [-0.2, -0.15) is 5.10 Å². The summed E-state index contributed by atoms with van der Waals surface area (Å²) in [6.07, 6.45) is 11.0. The van der Waals surface area contributed by atoms with Crippen LogP contribution in [0.5, 0.6) is 0 Å². The first-order chi connectivity index (χ1) is 13.2. The number of aromatic nitrogens is 3. The number of benzene rings is 1. The second-order valence-electron chi connectivity index (χ2n) is 7.28. The second kappa shape index (κ2) is 7.82. The van der Waals surface area contributed by atoms with Gasteiger partial charge in [0.05, 0.1) is 11.4 Å². The minimum Gasteiger partial charge on any atom is -0.349 e. The summed E-state index contributed by atoms with van der Waals surface area (Å²) in [5.74, 6) is 0.764. The minimum absolute atomic E-state index is 0.0229. The molecule has 1 aliphatic rings. The van der Waals surface area contributed by atoms with Crippen LogP contribution in [0.15, 0.2) is 54.9 Å². The summed E-state index contributed by atoms with van der Waals surface area (Å²) >= 11 is 0. The highest BCUT2D eigenvalue weighted by molar-refractivity contribution is 5.98. The molecule has 5 heteroatoms. The third kappa shape index (κ3) is 3.68. The van der Waals surface area contributed by atoms with Crippen LogP contribution in [-0.2, 0) is 0 Å². The molecule has 1 aliphatic carbocycles. The first-order valence-corrected chi connectivity index (χ1v) is 9.83. The van der Waals surface area contributed by atoms with Gasteiger partial charge in [0.1, 0.15) is 5.56 Å². The van der Waals surface area contributed by atoms with Gasteiger partial charge in [0.15, 0.2) is 5.82 Å². The van der Waals surface area contributed by atoms with Crippen LogP contribution in [0.2, 0.25) is 0 Å². The molecule has 0 aliphatic heterocycles. The summed E-state index contributed by atoms with van der Waals surface area (Å²) in [6, 6.07) is 14.1. The van der Waals surface area contributed by atoms with Gasteiger partial charge < -0.3 is 9.88 Å². The van der Waals surface area contributed by atoms with Gasteiger partial charge in [-0.25, -0.2) is 4.68 Å². The van der Waals surface area contributed by atoms with Crippen molar-refractivity contribution in [2.45, 2.75) is 51.5 Å². The van der Waals surface area contributed by atoms with Crippen molar-refractivity contribution in [3.05, 3.63) is 66.1 Å². The monoisotopic (exact) mass is 362 g/mol. The molecule has 0 bridgehead atoms. The topological polar surface area (TPSA) is 51.9 Å². The fraction of sp³-hybridized carbons (Fsp3) is 0.364. The Kier molecular flexibility index (Phi) is 5.10. The Morgan fingerprint density at radius 3 is 2.33 bits per heavy atom. The SMILES string of the molecule is Cc1nn(-c2ccccc2)c(-n2cccc2)c1C(=O)NC1CCCCCC1. The van der Waals surface area contributed by atoms with Crippen LogP contribution in [0, 0.1) is 6.92 Å². The lowest BCUT2D eigenvalue weighted by Crippen LogP contribution is -2.35. The molecule has 3 aromatic rings. The fourth-order valence-corrected chi connectivity index (χ4v) is 3.93. The Morgan fingerprint density at radius 2 is 1.67 bits per heavy atom. The molecule has 5 nitrogen and oxygen atoms in total. The molecular weight excluding hydrogens is 336 g/mol. The third-order valence-electron chi connectivity index (χ3n) is 5.30. The van der Waals surface area contributed by atoms with E-state index >= 15 is 0 Å². The highest BCUT2D eigenvalue weighted by Gasteiger charge is 2.25. The number of aryl methyl sites for hydroxylation is 1. The van der Waals surface area contributed by atoms with Gasteiger partial charge in [0, 0.05) is 18.4 Å². The van der Waals surface area contributed by atoms with Crippen molar-refractivity contribution in [2.24, 2.45) is 0 Å². The Labute approximate surface area is 160 Å². The molecule has 1 fully saturated rings. The van der Waals surface area contributed by atoms with E-state index in [1.807, 2.05) is 71.0 Å². The number of carbonyl (C=O) groups is 1. The summed E-state index contributed by atoms with van der Waals surface area (Å²) in [7, 11) is 0. The van der Waals surface area contributed by atoms with Gasteiger partial charge in [-0.05, 0) is 44.0 Å². The van der Waals surface area contributed by atoms with E-state index in [1.54, 1.807) is 0 Å².